The first kappa shape index (κ1) is 17.6. The number of ketones is 1. The zero-order valence-electron chi connectivity index (χ0n) is 12.8. The van der Waals surface area contributed by atoms with E-state index in [1.807, 2.05) is 0 Å². The molecule has 0 bridgehead atoms. The van der Waals surface area contributed by atoms with Gasteiger partial charge in [-0.2, -0.15) is 0 Å². The molecule has 0 aliphatic carbocycles. The number of ether oxygens (including phenoxy) is 3. The summed E-state index contributed by atoms with van der Waals surface area (Å²) in [6.07, 6.45) is 1.43. The fourth-order valence-corrected chi connectivity index (χ4v) is 1.56. The van der Waals surface area contributed by atoms with Crippen LogP contribution in [-0.4, -0.2) is 38.0 Å². The molecule has 6 heteroatoms. The monoisotopic (exact) mass is 306 g/mol. The second-order valence-corrected chi connectivity index (χ2v) is 4.41. The van der Waals surface area contributed by atoms with Gasteiger partial charge in [-0.05, 0) is 30.7 Å². The first-order valence-electron chi connectivity index (χ1n) is 6.61. The van der Waals surface area contributed by atoms with Crippen LogP contribution in [0, 0.1) is 0 Å². The van der Waals surface area contributed by atoms with Crippen molar-refractivity contribution in [2.24, 2.45) is 0 Å². The Bertz CT molecular complexity index is 571. The van der Waals surface area contributed by atoms with Crippen LogP contribution in [0.5, 0.6) is 5.75 Å². The summed E-state index contributed by atoms with van der Waals surface area (Å²) in [6.45, 7) is 2.92. The number of carbonyl (C=O) groups is 3. The van der Waals surface area contributed by atoms with Crippen LogP contribution in [-0.2, 0) is 23.9 Å². The molecule has 0 fully saturated rings. The van der Waals surface area contributed by atoms with E-state index in [4.69, 9.17) is 14.2 Å². The predicted octanol–water partition coefficient (Wildman–Crippen LogP) is 1.77. The Hall–Kier alpha value is -2.47. The predicted molar refractivity (Wildman–Crippen MR) is 79.2 cm³/mol. The topological polar surface area (TPSA) is 78.9 Å². The number of Topliss-reactive ketones (excluding diaryl/α,β-unsaturated/α-hetero) is 1. The normalized spacial score (nSPS) is 11.0. The summed E-state index contributed by atoms with van der Waals surface area (Å²) >= 11 is 0. The molecule has 6 nitrogen and oxygen atoms in total. The van der Waals surface area contributed by atoms with E-state index in [0.29, 0.717) is 11.3 Å². The Balaban J connectivity index is 2.86. The Labute approximate surface area is 128 Å². The number of hydrogen-bond acceptors (Lipinski definition) is 6. The highest BCUT2D eigenvalue weighted by Gasteiger charge is 2.16. The second-order valence-electron chi connectivity index (χ2n) is 4.41. The van der Waals surface area contributed by atoms with Gasteiger partial charge in [0.1, 0.15) is 17.9 Å². The molecule has 0 aromatic heterocycles. The number of benzene rings is 1. The van der Waals surface area contributed by atoms with Gasteiger partial charge in [0.15, 0.2) is 5.78 Å². The fraction of sp³-hybridized carbons (Fsp3) is 0.312. The van der Waals surface area contributed by atoms with Gasteiger partial charge in [-0.25, -0.2) is 4.79 Å². The number of hydrogen-bond donors (Lipinski definition) is 0. The quantitative estimate of drug-likeness (QED) is 0.191. The highest BCUT2D eigenvalue weighted by atomic mass is 16.6. The molecule has 0 spiro atoms. The summed E-state index contributed by atoms with van der Waals surface area (Å²) in [5.41, 5.74) is 0.557. The highest BCUT2D eigenvalue weighted by molar-refractivity contribution is 6.19. The van der Waals surface area contributed by atoms with Gasteiger partial charge in [0.05, 0.1) is 6.61 Å². The first-order valence-corrected chi connectivity index (χ1v) is 6.61. The lowest BCUT2D eigenvalue weighted by atomic mass is 10.1. The molecule has 1 aromatic rings. The van der Waals surface area contributed by atoms with Gasteiger partial charge in [-0.3, -0.25) is 9.59 Å². The fourth-order valence-electron chi connectivity index (χ4n) is 1.56. The molecule has 0 aliphatic heterocycles. The Kier molecular flexibility index (Phi) is 6.98. The molecule has 0 aliphatic rings. The number of esters is 2. The maximum atomic E-state index is 11.8. The Morgan fingerprint density at radius 2 is 1.68 bits per heavy atom. The van der Waals surface area contributed by atoms with Crippen molar-refractivity contribution in [1.82, 2.24) is 0 Å². The molecule has 0 radical (unpaired) electrons. The molecule has 1 aromatic carbocycles. The SMILES string of the molecule is COCCOC(=O)C(=Cc1ccc(OC(C)=O)cc1)C(C)=O. The maximum absolute atomic E-state index is 11.8. The summed E-state index contributed by atoms with van der Waals surface area (Å²) in [4.78, 5) is 34.2. The molecule has 0 N–H and O–H groups in total. The van der Waals surface area contributed by atoms with Crippen molar-refractivity contribution < 1.29 is 28.6 Å². The van der Waals surface area contributed by atoms with Crippen molar-refractivity contribution in [1.29, 1.82) is 0 Å². The summed E-state index contributed by atoms with van der Waals surface area (Å²) in [6, 6.07) is 6.40. The molecule has 1 rings (SSSR count). The molecule has 0 saturated heterocycles. The molecule has 0 unspecified atom stereocenters. The molecule has 0 saturated carbocycles. The highest BCUT2D eigenvalue weighted by Crippen LogP contribution is 2.15. The van der Waals surface area contributed by atoms with Crippen LogP contribution in [0.1, 0.15) is 19.4 Å². The minimum Gasteiger partial charge on any atom is -0.460 e. The van der Waals surface area contributed by atoms with Crippen LogP contribution in [0.3, 0.4) is 0 Å². The van der Waals surface area contributed by atoms with Crippen LogP contribution >= 0.6 is 0 Å². The van der Waals surface area contributed by atoms with Crippen LogP contribution in [0.2, 0.25) is 0 Å². The lowest BCUT2D eigenvalue weighted by molar-refractivity contribution is -0.141. The van der Waals surface area contributed by atoms with E-state index in [9.17, 15) is 14.4 Å². The minimum absolute atomic E-state index is 0.0589. The van der Waals surface area contributed by atoms with E-state index < -0.39 is 17.7 Å². The van der Waals surface area contributed by atoms with Crippen LogP contribution < -0.4 is 4.74 Å². The summed E-state index contributed by atoms with van der Waals surface area (Å²) < 4.78 is 14.6. The molecule has 22 heavy (non-hydrogen) atoms. The van der Waals surface area contributed by atoms with Crippen molar-refractivity contribution in [3.05, 3.63) is 35.4 Å². The zero-order valence-corrected chi connectivity index (χ0v) is 12.8. The van der Waals surface area contributed by atoms with Crippen molar-refractivity contribution in [3.63, 3.8) is 0 Å². The summed E-state index contributed by atoms with van der Waals surface area (Å²) in [5.74, 6) is -1.13. The standard InChI is InChI=1S/C16H18O6/c1-11(17)15(16(19)21-9-8-20-3)10-13-4-6-14(7-5-13)22-12(2)18/h4-7,10H,8-9H2,1-3H3. The van der Waals surface area contributed by atoms with Gasteiger partial charge in [-0.15, -0.1) is 0 Å². The van der Waals surface area contributed by atoms with Crippen molar-refractivity contribution >= 4 is 23.8 Å². The third-order valence-electron chi connectivity index (χ3n) is 2.57. The van der Waals surface area contributed by atoms with Gasteiger partial charge < -0.3 is 14.2 Å². The van der Waals surface area contributed by atoms with Crippen LogP contribution in [0.25, 0.3) is 6.08 Å². The molecule has 0 amide bonds. The molecule has 0 heterocycles. The van der Waals surface area contributed by atoms with Crippen LogP contribution in [0.15, 0.2) is 29.8 Å². The van der Waals surface area contributed by atoms with E-state index in [1.54, 1.807) is 24.3 Å². The summed E-state index contributed by atoms with van der Waals surface area (Å²) in [5, 5.41) is 0. The average Bonchev–Trinajstić information content (AvgIpc) is 2.45. The molecular weight excluding hydrogens is 288 g/mol. The van der Waals surface area contributed by atoms with Crippen LogP contribution in [0.4, 0.5) is 0 Å². The summed E-state index contributed by atoms with van der Waals surface area (Å²) in [7, 11) is 1.49. The van der Waals surface area contributed by atoms with Crippen molar-refractivity contribution in [2.45, 2.75) is 13.8 Å². The number of methoxy groups -OCH3 is 1. The first-order chi connectivity index (χ1) is 10.4. The number of rotatable bonds is 7. The van der Waals surface area contributed by atoms with E-state index in [-0.39, 0.29) is 18.8 Å². The lowest BCUT2D eigenvalue weighted by Gasteiger charge is -2.06. The minimum atomic E-state index is -0.700. The third-order valence-corrected chi connectivity index (χ3v) is 2.57. The maximum Gasteiger partial charge on any atom is 0.341 e. The van der Waals surface area contributed by atoms with Gasteiger partial charge in [0, 0.05) is 14.0 Å². The lowest BCUT2D eigenvalue weighted by Crippen LogP contribution is -2.16. The zero-order chi connectivity index (χ0) is 16.5. The Morgan fingerprint density at radius 3 is 2.18 bits per heavy atom. The smallest absolute Gasteiger partial charge is 0.341 e. The molecule has 0 atom stereocenters. The number of carbonyl (C=O) groups excluding carboxylic acids is 3. The molecule has 118 valence electrons. The average molecular weight is 306 g/mol. The van der Waals surface area contributed by atoms with Gasteiger partial charge in [0.25, 0.3) is 0 Å². The van der Waals surface area contributed by atoms with E-state index in [2.05, 4.69) is 0 Å². The second kappa shape index (κ2) is 8.74. The van der Waals surface area contributed by atoms with Crippen molar-refractivity contribution in [2.75, 3.05) is 20.3 Å². The Morgan fingerprint density at radius 1 is 1.05 bits per heavy atom. The van der Waals surface area contributed by atoms with E-state index in [0.717, 1.165) is 0 Å². The van der Waals surface area contributed by atoms with Gasteiger partial charge in [-0.1, -0.05) is 12.1 Å². The molecular formula is C16H18O6. The van der Waals surface area contributed by atoms with E-state index in [1.165, 1.54) is 27.0 Å². The third kappa shape index (κ3) is 5.88. The van der Waals surface area contributed by atoms with E-state index >= 15 is 0 Å². The van der Waals surface area contributed by atoms with Gasteiger partial charge >= 0.3 is 11.9 Å². The largest absolute Gasteiger partial charge is 0.460 e. The van der Waals surface area contributed by atoms with Crippen molar-refractivity contribution in [3.8, 4) is 5.75 Å². The van der Waals surface area contributed by atoms with Gasteiger partial charge in [0.2, 0.25) is 0 Å².